The number of ether oxygens (including phenoxy) is 3. The van der Waals surface area contributed by atoms with Gasteiger partial charge in [-0.3, -0.25) is 14.2 Å². The minimum Gasteiger partial charge on any atom is -0.493 e. The van der Waals surface area contributed by atoms with Crippen molar-refractivity contribution in [2.45, 2.75) is 13.5 Å². The Kier molecular flexibility index (Phi) is 5.48. The van der Waals surface area contributed by atoms with Crippen molar-refractivity contribution >= 4 is 17.5 Å². The summed E-state index contributed by atoms with van der Waals surface area (Å²) in [4.78, 5) is 28.2. The molecule has 0 atom stereocenters. The summed E-state index contributed by atoms with van der Waals surface area (Å²) < 4.78 is 16.8. The molecule has 0 saturated carbocycles. The van der Waals surface area contributed by atoms with Crippen LogP contribution in [-0.4, -0.2) is 36.8 Å². The number of anilines is 2. The predicted octanol–water partition coefficient (Wildman–Crippen LogP) is 0.798. The Morgan fingerprint density at radius 1 is 1.16 bits per heavy atom. The molecule has 0 aliphatic heterocycles. The number of nitrogen functional groups attached to an aromatic ring is 1. The highest BCUT2D eigenvalue weighted by Gasteiger charge is 2.15. The molecule has 134 valence electrons. The number of nitrogens with one attached hydrogen (secondary N) is 1. The molecule has 0 unspecified atom stereocenters. The minimum absolute atomic E-state index is 0.0231. The van der Waals surface area contributed by atoms with E-state index in [1.54, 1.807) is 19.1 Å². The molecular formula is C16H20N4O5. The molecule has 2 rings (SSSR count). The van der Waals surface area contributed by atoms with Crippen LogP contribution < -0.4 is 30.8 Å². The third-order valence-corrected chi connectivity index (χ3v) is 3.42. The van der Waals surface area contributed by atoms with Crippen LogP contribution >= 0.6 is 0 Å². The zero-order valence-electron chi connectivity index (χ0n) is 14.5. The molecule has 1 heterocycles. The second-order valence-corrected chi connectivity index (χ2v) is 5.14. The molecule has 0 aliphatic rings. The van der Waals surface area contributed by atoms with Crippen LogP contribution in [0.1, 0.15) is 5.69 Å². The van der Waals surface area contributed by atoms with Gasteiger partial charge in [0.1, 0.15) is 6.54 Å². The van der Waals surface area contributed by atoms with Gasteiger partial charge in [-0.15, -0.1) is 0 Å². The zero-order valence-corrected chi connectivity index (χ0v) is 14.5. The van der Waals surface area contributed by atoms with Gasteiger partial charge in [-0.25, -0.2) is 4.98 Å². The molecule has 0 fully saturated rings. The molecule has 0 aliphatic carbocycles. The number of nitrogens with zero attached hydrogens (tertiary/aromatic N) is 2. The van der Waals surface area contributed by atoms with Gasteiger partial charge in [0.2, 0.25) is 17.6 Å². The van der Waals surface area contributed by atoms with E-state index in [1.807, 2.05) is 0 Å². The predicted molar refractivity (Wildman–Crippen MR) is 92.4 cm³/mol. The average Bonchev–Trinajstić information content (AvgIpc) is 2.57. The number of hydrogen-bond acceptors (Lipinski definition) is 7. The summed E-state index contributed by atoms with van der Waals surface area (Å²) >= 11 is 0. The van der Waals surface area contributed by atoms with E-state index >= 15 is 0 Å². The summed E-state index contributed by atoms with van der Waals surface area (Å²) in [5.41, 5.74) is 6.22. The standard InChI is InChI=1S/C16H20N4O5/c1-9-5-14(22)20(16(17)18-9)8-13(21)19-10-6-11(23-2)15(25-4)12(7-10)24-3/h5-7H,8H2,1-4H3,(H2,17,18)(H,19,21). The summed E-state index contributed by atoms with van der Waals surface area (Å²) in [7, 11) is 4.43. The first kappa shape index (κ1) is 18.1. The van der Waals surface area contributed by atoms with Crippen LogP contribution in [0.3, 0.4) is 0 Å². The van der Waals surface area contributed by atoms with Crippen molar-refractivity contribution in [1.82, 2.24) is 9.55 Å². The molecule has 9 heteroatoms. The normalized spacial score (nSPS) is 10.2. The first-order chi connectivity index (χ1) is 11.9. The number of benzene rings is 1. The molecule has 1 aromatic heterocycles. The Bertz CT molecular complexity index is 822. The monoisotopic (exact) mass is 348 g/mol. The molecular weight excluding hydrogens is 328 g/mol. The fraction of sp³-hybridized carbons (Fsp3) is 0.312. The Labute approximate surface area is 144 Å². The summed E-state index contributed by atoms with van der Waals surface area (Å²) in [6.07, 6.45) is 0. The van der Waals surface area contributed by atoms with Gasteiger partial charge in [0.05, 0.1) is 21.3 Å². The molecule has 0 spiro atoms. The smallest absolute Gasteiger partial charge is 0.255 e. The molecule has 0 bridgehead atoms. The molecule has 25 heavy (non-hydrogen) atoms. The largest absolute Gasteiger partial charge is 0.493 e. The first-order valence-electron chi connectivity index (χ1n) is 7.33. The van der Waals surface area contributed by atoms with E-state index in [4.69, 9.17) is 19.9 Å². The minimum atomic E-state index is -0.450. The topological polar surface area (TPSA) is 118 Å². The lowest BCUT2D eigenvalue weighted by Crippen LogP contribution is -2.30. The molecule has 1 aromatic carbocycles. The number of amides is 1. The maximum Gasteiger partial charge on any atom is 0.255 e. The van der Waals surface area contributed by atoms with E-state index in [0.717, 1.165) is 4.57 Å². The van der Waals surface area contributed by atoms with Crippen molar-refractivity contribution in [1.29, 1.82) is 0 Å². The van der Waals surface area contributed by atoms with Gasteiger partial charge in [-0.1, -0.05) is 0 Å². The van der Waals surface area contributed by atoms with Crippen molar-refractivity contribution in [3.8, 4) is 17.2 Å². The lowest BCUT2D eigenvalue weighted by Gasteiger charge is -2.15. The lowest BCUT2D eigenvalue weighted by molar-refractivity contribution is -0.116. The fourth-order valence-electron chi connectivity index (χ4n) is 2.30. The van der Waals surface area contributed by atoms with Crippen LogP contribution in [0.5, 0.6) is 17.2 Å². The summed E-state index contributed by atoms with van der Waals surface area (Å²) in [6.45, 7) is 1.38. The summed E-state index contributed by atoms with van der Waals surface area (Å²) in [5.74, 6) is 0.724. The second kappa shape index (κ2) is 7.56. The van der Waals surface area contributed by atoms with Crippen molar-refractivity contribution in [3.63, 3.8) is 0 Å². The molecule has 9 nitrogen and oxygen atoms in total. The van der Waals surface area contributed by atoms with E-state index in [9.17, 15) is 9.59 Å². The second-order valence-electron chi connectivity index (χ2n) is 5.14. The van der Waals surface area contributed by atoms with Crippen LogP contribution in [-0.2, 0) is 11.3 Å². The maximum atomic E-state index is 12.3. The highest BCUT2D eigenvalue weighted by molar-refractivity contribution is 5.91. The van der Waals surface area contributed by atoms with Crippen molar-refractivity contribution in [3.05, 3.63) is 34.2 Å². The SMILES string of the molecule is COc1cc(NC(=O)Cn2c(N)nc(C)cc2=O)cc(OC)c1OC. The Morgan fingerprint density at radius 2 is 1.76 bits per heavy atom. The summed E-state index contributed by atoms with van der Waals surface area (Å²) in [5, 5.41) is 2.66. The fourth-order valence-corrected chi connectivity index (χ4v) is 2.30. The zero-order chi connectivity index (χ0) is 18.6. The van der Waals surface area contributed by atoms with E-state index < -0.39 is 11.5 Å². The highest BCUT2D eigenvalue weighted by Crippen LogP contribution is 2.39. The first-order valence-corrected chi connectivity index (χ1v) is 7.33. The highest BCUT2D eigenvalue weighted by atomic mass is 16.5. The molecule has 0 saturated heterocycles. The quantitative estimate of drug-likeness (QED) is 0.792. The number of carbonyl (C=O) groups is 1. The van der Waals surface area contributed by atoms with Crippen LogP contribution in [0.15, 0.2) is 23.0 Å². The van der Waals surface area contributed by atoms with Crippen LogP contribution in [0, 0.1) is 6.92 Å². The Morgan fingerprint density at radius 3 is 2.24 bits per heavy atom. The molecule has 1 amide bonds. The lowest BCUT2D eigenvalue weighted by atomic mass is 10.2. The molecule has 2 aromatic rings. The van der Waals surface area contributed by atoms with Gasteiger partial charge < -0.3 is 25.3 Å². The summed E-state index contributed by atoms with van der Waals surface area (Å²) in [6, 6.07) is 4.47. The number of aryl methyl sites for hydroxylation is 1. The maximum absolute atomic E-state index is 12.3. The number of methoxy groups -OCH3 is 3. The van der Waals surface area contributed by atoms with Crippen LogP contribution in [0.25, 0.3) is 0 Å². The number of aromatic nitrogens is 2. The van der Waals surface area contributed by atoms with Crippen LogP contribution in [0.2, 0.25) is 0 Å². The van der Waals surface area contributed by atoms with Gasteiger partial charge in [0.15, 0.2) is 11.5 Å². The number of nitrogens with two attached hydrogens (primary N) is 1. The number of hydrogen-bond donors (Lipinski definition) is 2. The van der Waals surface area contributed by atoms with Crippen LogP contribution in [0.4, 0.5) is 11.6 Å². The van der Waals surface area contributed by atoms with E-state index in [2.05, 4.69) is 10.3 Å². The van der Waals surface area contributed by atoms with E-state index in [1.165, 1.54) is 27.4 Å². The van der Waals surface area contributed by atoms with Gasteiger partial charge in [-0.2, -0.15) is 0 Å². The average molecular weight is 348 g/mol. The number of rotatable bonds is 6. The van der Waals surface area contributed by atoms with Gasteiger partial charge in [-0.05, 0) is 6.92 Å². The molecule has 3 N–H and O–H groups in total. The Balaban J connectivity index is 2.25. The van der Waals surface area contributed by atoms with Crippen molar-refractivity contribution < 1.29 is 19.0 Å². The van der Waals surface area contributed by atoms with Crippen molar-refractivity contribution in [2.75, 3.05) is 32.4 Å². The third kappa shape index (κ3) is 4.00. The van der Waals surface area contributed by atoms with E-state index in [0.29, 0.717) is 28.6 Å². The number of carbonyl (C=O) groups excluding carboxylic acids is 1. The van der Waals surface area contributed by atoms with Crippen molar-refractivity contribution in [2.24, 2.45) is 0 Å². The van der Waals surface area contributed by atoms with E-state index in [-0.39, 0.29) is 12.5 Å². The molecule has 0 radical (unpaired) electrons. The third-order valence-electron chi connectivity index (χ3n) is 3.42. The van der Waals surface area contributed by atoms with Gasteiger partial charge in [0, 0.05) is 29.6 Å². The Hall–Kier alpha value is -3.23. The van der Waals surface area contributed by atoms with Gasteiger partial charge in [0.25, 0.3) is 5.56 Å². The van der Waals surface area contributed by atoms with Gasteiger partial charge >= 0.3 is 0 Å².